The van der Waals surface area contributed by atoms with Crippen molar-refractivity contribution >= 4 is 29.7 Å². The highest BCUT2D eigenvalue weighted by Crippen LogP contribution is 2.63. The number of guanidine groups is 1. The third-order valence-corrected chi connectivity index (χ3v) is 11.7. The van der Waals surface area contributed by atoms with Gasteiger partial charge in [-0.2, -0.15) is 0 Å². The zero-order valence-corrected chi connectivity index (χ0v) is 30.2. The maximum atomic E-state index is 14.0. The Bertz CT molecular complexity index is 1590. The predicted molar refractivity (Wildman–Crippen MR) is 190 cm³/mol. The summed E-state index contributed by atoms with van der Waals surface area (Å²) in [6.07, 6.45) is 7.07. The van der Waals surface area contributed by atoms with Crippen LogP contribution in [0.25, 0.3) is 0 Å². The Balaban J connectivity index is 1.14. The van der Waals surface area contributed by atoms with E-state index in [0.717, 1.165) is 44.4 Å². The molecule has 51 heavy (non-hydrogen) atoms. The van der Waals surface area contributed by atoms with Crippen LogP contribution in [0.3, 0.4) is 0 Å². The lowest BCUT2D eigenvalue weighted by atomic mass is 9.53. The van der Waals surface area contributed by atoms with Gasteiger partial charge >= 0.3 is 6.09 Å². The fourth-order valence-corrected chi connectivity index (χ4v) is 9.22. The van der Waals surface area contributed by atoms with E-state index < -0.39 is 24.2 Å². The molecule has 6 N–H and O–H groups in total. The molecule has 14 nitrogen and oxygen atoms in total. The van der Waals surface area contributed by atoms with E-state index in [4.69, 9.17) is 25.7 Å². The average molecular weight is 708 g/mol. The van der Waals surface area contributed by atoms with E-state index in [1.807, 2.05) is 12.1 Å². The lowest BCUT2D eigenvalue weighted by Crippen LogP contribution is -2.63. The molecular formula is C37H53N7O7. The second-order valence-corrected chi connectivity index (χ2v) is 14.8. The van der Waals surface area contributed by atoms with Crippen LogP contribution in [0.2, 0.25) is 0 Å². The first-order valence-electron chi connectivity index (χ1n) is 18.3. The SMILES string of the molecule is COc1ccc2c3c1O[C@@H]1C(OC(=O)N4CCCC[C@H]4CNC(=O)[C@H](CCCN=C(N)N)CC(=O)[C@H](C)NC(C)=O)=CCC4[C@@H](C2)N(C)CC[C@@]341. The van der Waals surface area contributed by atoms with Crippen molar-refractivity contribution in [1.82, 2.24) is 20.4 Å². The van der Waals surface area contributed by atoms with Gasteiger partial charge in [-0.15, -0.1) is 0 Å². The third-order valence-electron chi connectivity index (χ3n) is 11.7. The molecule has 0 aromatic heterocycles. The van der Waals surface area contributed by atoms with Crippen molar-refractivity contribution < 1.29 is 33.4 Å². The number of benzene rings is 1. The van der Waals surface area contributed by atoms with Crippen LogP contribution in [-0.2, 0) is 31.0 Å². The summed E-state index contributed by atoms with van der Waals surface area (Å²) in [5, 5.41) is 5.61. The number of piperidine rings is 2. The molecule has 278 valence electrons. The number of Topliss-reactive ketones (excluding diaryl/α,β-unsaturated/α-hetero) is 1. The summed E-state index contributed by atoms with van der Waals surface area (Å²) in [7, 11) is 3.86. The molecule has 7 atom stereocenters. The number of hydrogen-bond acceptors (Lipinski definition) is 9. The number of hydrogen-bond donors (Lipinski definition) is 4. The van der Waals surface area contributed by atoms with E-state index in [0.29, 0.717) is 55.8 Å². The van der Waals surface area contributed by atoms with Crippen molar-refractivity contribution in [2.24, 2.45) is 28.3 Å². The largest absolute Gasteiger partial charge is 0.493 e. The van der Waals surface area contributed by atoms with Gasteiger partial charge in [-0.3, -0.25) is 19.4 Å². The van der Waals surface area contributed by atoms with Gasteiger partial charge in [-0.05, 0) is 95.5 Å². The highest BCUT2D eigenvalue weighted by Gasteiger charge is 2.65. The summed E-state index contributed by atoms with van der Waals surface area (Å²) >= 11 is 0. The van der Waals surface area contributed by atoms with Gasteiger partial charge in [0.1, 0.15) is 5.76 Å². The van der Waals surface area contributed by atoms with Crippen LogP contribution in [0, 0.1) is 11.8 Å². The van der Waals surface area contributed by atoms with Gasteiger partial charge in [-0.1, -0.05) is 6.07 Å². The predicted octanol–water partition coefficient (Wildman–Crippen LogP) is 2.12. The van der Waals surface area contributed by atoms with Gasteiger partial charge in [0.15, 0.2) is 29.3 Å². The fourth-order valence-electron chi connectivity index (χ4n) is 9.22. The second kappa shape index (κ2) is 15.1. The molecule has 1 aromatic rings. The van der Waals surface area contributed by atoms with Crippen LogP contribution in [0.4, 0.5) is 4.79 Å². The Labute approximate surface area is 299 Å². The number of likely N-dealkylation sites (N-methyl/N-ethyl adjacent to an activating group) is 1. The van der Waals surface area contributed by atoms with Gasteiger partial charge in [0, 0.05) is 55.9 Å². The van der Waals surface area contributed by atoms with Crippen molar-refractivity contribution in [3.63, 3.8) is 0 Å². The summed E-state index contributed by atoms with van der Waals surface area (Å²) in [5.74, 6) is 0.811. The molecule has 5 aliphatic rings. The number of nitrogens with one attached hydrogen (secondary N) is 2. The quantitative estimate of drug-likeness (QED) is 0.134. The number of ether oxygens (including phenoxy) is 3. The summed E-state index contributed by atoms with van der Waals surface area (Å²) in [5.41, 5.74) is 13.1. The molecule has 0 saturated carbocycles. The van der Waals surface area contributed by atoms with Gasteiger partial charge in [0.05, 0.1) is 19.2 Å². The van der Waals surface area contributed by atoms with Crippen molar-refractivity contribution in [3.05, 3.63) is 35.1 Å². The Kier molecular flexibility index (Phi) is 10.8. The fraction of sp³-hybridized carbons (Fsp3) is 0.649. The number of nitrogens with two attached hydrogens (primary N) is 2. The topological polar surface area (TPSA) is 191 Å². The zero-order chi connectivity index (χ0) is 36.4. The van der Waals surface area contributed by atoms with E-state index in [2.05, 4.69) is 33.6 Å². The number of carbonyl (C=O) groups is 4. The number of ketones is 1. The molecule has 14 heteroatoms. The maximum absolute atomic E-state index is 14.0. The standard InChI is InChI=1S/C37H53N7O7/c1-21(42-22(2)45)28(46)19-24(8-7-15-40-35(38)39)34(47)41-20-25-9-5-6-16-44(25)36(48)50-30-13-11-26-27-18-23-10-12-29(49-4)32-31(23)37(26,33(30)51-32)14-17-43(27)3/h10,12-13,21,24-27,33H,5-9,11,14-20H2,1-4H3,(H,41,47)(H,42,45)(H4,38,39,40)/t21-,24+,25-,26?,27+,33+,37-/m0/s1. The van der Waals surface area contributed by atoms with Crippen molar-refractivity contribution in [1.29, 1.82) is 0 Å². The summed E-state index contributed by atoms with van der Waals surface area (Å²) < 4.78 is 18.8. The maximum Gasteiger partial charge on any atom is 0.415 e. The molecule has 3 aliphatic heterocycles. The number of rotatable bonds is 13. The molecule has 1 aromatic carbocycles. The van der Waals surface area contributed by atoms with Crippen molar-refractivity contribution in [2.45, 2.75) is 101 Å². The van der Waals surface area contributed by atoms with Gasteiger partial charge in [0.2, 0.25) is 11.8 Å². The van der Waals surface area contributed by atoms with Crippen LogP contribution in [0.1, 0.15) is 76.3 Å². The minimum Gasteiger partial charge on any atom is -0.493 e. The van der Waals surface area contributed by atoms with Crippen molar-refractivity contribution in [3.8, 4) is 11.5 Å². The number of amides is 3. The molecule has 6 rings (SSSR count). The van der Waals surface area contributed by atoms with Crippen LogP contribution in [0.15, 0.2) is 29.0 Å². The minimum absolute atomic E-state index is 0.0399. The number of aliphatic imine (C=N–C) groups is 1. The van der Waals surface area contributed by atoms with E-state index in [-0.39, 0.29) is 48.0 Å². The third kappa shape index (κ3) is 7.11. The first-order chi connectivity index (χ1) is 24.4. The van der Waals surface area contributed by atoms with Crippen LogP contribution in [-0.4, -0.2) is 104 Å². The lowest BCUT2D eigenvalue weighted by molar-refractivity contribution is -0.131. The van der Waals surface area contributed by atoms with Crippen LogP contribution >= 0.6 is 0 Å². The molecule has 2 aliphatic carbocycles. The number of allylic oxidation sites excluding steroid dienone is 1. The highest BCUT2D eigenvalue weighted by atomic mass is 16.6. The lowest BCUT2D eigenvalue weighted by Gasteiger charge is -2.56. The molecular weight excluding hydrogens is 654 g/mol. The molecule has 3 amide bonds. The number of likely N-dealkylation sites (tertiary alicyclic amines) is 2. The van der Waals surface area contributed by atoms with E-state index in [1.54, 1.807) is 18.9 Å². The minimum atomic E-state index is -0.721. The summed E-state index contributed by atoms with van der Waals surface area (Å²) in [6, 6.07) is 3.52. The first kappa shape index (κ1) is 36.5. The van der Waals surface area contributed by atoms with Gasteiger partial charge < -0.3 is 46.1 Å². The molecule has 2 saturated heterocycles. The Morgan fingerprint density at radius 1 is 1.18 bits per heavy atom. The summed E-state index contributed by atoms with van der Waals surface area (Å²) in [6.45, 7) is 4.93. The number of methoxy groups -OCH3 is 1. The van der Waals surface area contributed by atoms with Gasteiger partial charge in [-0.25, -0.2) is 4.79 Å². The van der Waals surface area contributed by atoms with E-state index >= 15 is 0 Å². The van der Waals surface area contributed by atoms with Crippen LogP contribution in [0.5, 0.6) is 11.5 Å². The monoisotopic (exact) mass is 707 g/mol. The Morgan fingerprint density at radius 3 is 2.73 bits per heavy atom. The molecule has 1 spiro atoms. The molecule has 2 bridgehead atoms. The van der Waals surface area contributed by atoms with E-state index in [1.165, 1.54) is 18.1 Å². The summed E-state index contributed by atoms with van der Waals surface area (Å²) in [4.78, 5) is 60.2. The average Bonchev–Trinajstić information content (AvgIpc) is 3.46. The Morgan fingerprint density at radius 2 is 1.98 bits per heavy atom. The van der Waals surface area contributed by atoms with Gasteiger partial charge in [0.25, 0.3) is 0 Å². The molecule has 0 radical (unpaired) electrons. The molecule has 3 heterocycles. The molecule has 1 unspecified atom stereocenters. The Hall–Kier alpha value is -4.33. The highest BCUT2D eigenvalue weighted by molar-refractivity contribution is 5.91. The van der Waals surface area contributed by atoms with Crippen molar-refractivity contribution in [2.75, 3.05) is 40.3 Å². The normalized spacial score (nSPS) is 27.1. The number of nitrogens with zero attached hydrogens (tertiary/aromatic N) is 3. The molecule has 2 fully saturated rings. The smallest absolute Gasteiger partial charge is 0.415 e. The first-order valence-corrected chi connectivity index (χ1v) is 18.3. The van der Waals surface area contributed by atoms with E-state index in [9.17, 15) is 19.2 Å². The second-order valence-electron chi connectivity index (χ2n) is 14.8. The number of carbonyl (C=O) groups excluding carboxylic acids is 4. The van der Waals surface area contributed by atoms with Crippen LogP contribution < -0.4 is 31.6 Å². The zero-order valence-electron chi connectivity index (χ0n) is 30.2.